The van der Waals surface area contributed by atoms with Crippen molar-refractivity contribution in [2.24, 2.45) is 5.92 Å². The second kappa shape index (κ2) is 6.42. The van der Waals surface area contributed by atoms with Gasteiger partial charge in [0.1, 0.15) is 11.5 Å². The van der Waals surface area contributed by atoms with E-state index in [0.29, 0.717) is 11.2 Å². The van der Waals surface area contributed by atoms with Crippen molar-refractivity contribution < 1.29 is 23.1 Å². The number of rotatable bonds is 4. The lowest BCUT2D eigenvalue weighted by molar-refractivity contribution is -0.135. The topological polar surface area (TPSA) is 85.6 Å². The van der Waals surface area contributed by atoms with E-state index < -0.39 is 11.6 Å². The van der Waals surface area contributed by atoms with Crippen molar-refractivity contribution in [3.05, 3.63) is 42.1 Å². The SMILES string of the molecule is COc1ccc(F)c(F)c1-c1ccc2nc(NC(=O)C3CC(=O)C3)nn2c1. The zero-order chi connectivity index (χ0) is 19.1. The highest BCUT2D eigenvalue weighted by Gasteiger charge is 2.33. The number of nitrogens with one attached hydrogen (secondary N) is 1. The molecular formula is C18H14F2N4O3. The van der Waals surface area contributed by atoms with Gasteiger partial charge in [-0.3, -0.25) is 14.9 Å². The summed E-state index contributed by atoms with van der Waals surface area (Å²) in [4.78, 5) is 27.2. The van der Waals surface area contributed by atoms with Crippen LogP contribution in [0.2, 0.25) is 0 Å². The van der Waals surface area contributed by atoms with Crippen LogP contribution in [0, 0.1) is 17.6 Å². The fourth-order valence-corrected chi connectivity index (χ4v) is 2.94. The summed E-state index contributed by atoms with van der Waals surface area (Å²) in [7, 11) is 1.36. The summed E-state index contributed by atoms with van der Waals surface area (Å²) in [6, 6.07) is 5.45. The number of methoxy groups -OCH3 is 1. The first-order valence-electron chi connectivity index (χ1n) is 8.17. The molecule has 0 bridgehead atoms. The molecule has 1 saturated carbocycles. The standard InChI is InChI=1S/C18H14F2N4O3/c1-27-13-4-3-12(19)16(20)15(13)9-2-5-14-21-18(23-24(14)8-9)22-17(26)10-6-11(25)7-10/h2-5,8,10H,6-7H2,1H3,(H,22,23,26). The van der Waals surface area contributed by atoms with Crippen LogP contribution in [0.25, 0.3) is 16.8 Å². The molecule has 1 amide bonds. The molecule has 138 valence electrons. The molecule has 0 unspecified atom stereocenters. The van der Waals surface area contributed by atoms with Gasteiger partial charge in [0.05, 0.1) is 18.6 Å². The molecule has 27 heavy (non-hydrogen) atoms. The van der Waals surface area contributed by atoms with Crippen molar-refractivity contribution in [1.29, 1.82) is 0 Å². The Kier molecular flexibility index (Phi) is 4.06. The van der Waals surface area contributed by atoms with Crippen LogP contribution in [0.5, 0.6) is 5.75 Å². The third kappa shape index (κ3) is 3.01. The van der Waals surface area contributed by atoms with Crippen LogP contribution in [0.15, 0.2) is 30.5 Å². The summed E-state index contributed by atoms with van der Waals surface area (Å²) in [6.45, 7) is 0. The molecule has 7 nitrogen and oxygen atoms in total. The third-order valence-corrected chi connectivity index (χ3v) is 4.45. The normalized spacial score (nSPS) is 14.3. The number of benzene rings is 1. The minimum absolute atomic E-state index is 0.0338. The van der Waals surface area contributed by atoms with E-state index in [2.05, 4.69) is 15.4 Å². The predicted octanol–water partition coefficient (Wildman–Crippen LogP) is 2.60. The maximum absolute atomic E-state index is 14.3. The summed E-state index contributed by atoms with van der Waals surface area (Å²) < 4.78 is 34.4. The maximum atomic E-state index is 14.3. The van der Waals surface area contributed by atoms with Gasteiger partial charge in [0, 0.05) is 24.6 Å². The number of ketones is 1. The van der Waals surface area contributed by atoms with E-state index >= 15 is 0 Å². The lowest BCUT2D eigenvalue weighted by Gasteiger charge is -2.21. The van der Waals surface area contributed by atoms with E-state index in [1.54, 1.807) is 12.1 Å². The summed E-state index contributed by atoms with van der Waals surface area (Å²) in [5.41, 5.74) is 0.715. The van der Waals surface area contributed by atoms with Gasteiger partial charge in [0.15, 0.2) is 17.3 Å². The molecule has 0 saturated heterocycles. The average Bonchev–Trinajstić information content (AvgIpc) is 3.02. The number of hydrogen-bond donors (Lipinski definition) is 1. The third-order valence-electron chi connectivity index (χ3n) is 4.45. The zero-order valence-electron chi connectivity index (χ0n) is 14.2. The molecule has 9 heteroatoms. The number of ether oxygens (including phenoxy) is 1. The van der Waals surface area contributed by atoms with Crippen molar-refractivity contribution in [3.8, 4) is 16.9 Å². The van der Waals surface area contributed by atoms with Crippen LogP contribution < -0.4 is 10.1 Å². The molecule has 2 aromatic heterocycles. The van der Waals surface area contributed by atoms with Crippen LogP contribution in [0.1, 0.15) is 12.8 Å². The molecule has 2 heterocycles. The number of aromatic nitrogens is 3. The number of hydrogen-bond acceptors (Lipinski definition) is 5. The number of fused-ring (bicyclic) bond motifs is 1. The number of pyridine rings is 1. The Morgan fingerprint density at radius 1 is 1.26 bits per heavy atom. The highest BCUT2D eigenvalue weighted by molar-refractivity contribution is 6.01. The van der Waals surface area contributed by atoms with Crippen LogP contribution >= 0.6 is 0 Å². The lowest BCUT2D eigenvalue weighted by atomic mass is 9.83. The number of Topliss-reactive ketones (excluding diaryl/α,β-unsaturated/α-hetero) is 1. The van der Waals surface area contributed by atoms with Crippen molar-refractivity contribution in [3.63, 3.8) is 0 Å². The van der Waals surface area contributed by atoms with Gasteiger partial charge in [-0.2, -0.15) is 4.98 Å². The molecule has 4 rings (SSSR count). The number of amides is 1. The number of anilines is 1. The first-order valence-corrected chi connectivity index (χ1v) is 8.17. The van der Waals surface area contributed by atoms with E-state index in [9.17, 15) is 18.4 Å². The number of halogens is 2. The first-order chi connectivity index (χ1) is 13.0. The average molecular weight is 372 g/mol. The molecular weight excluding hydrogens is 358 g/mol. The molecule has 0 atom stereocenters. The molecule has 3 aromatic rings. The van der Waals surface area contributed by atoms with Gasteiger partial charge in [0.25, 0.3) is 0 Å². The Hall–Kier alpha value is -3.36. The van der Waals surface area contributed by atoms with Crippen molar-refractivity contribution in [2.45, 2.75) is 12.8 Å². The minimum atomic E-state index is -1.03. The van der Waals surface area contributed by atoms with E-state index in [0.717, 1.165) is 6.07 Å². The van der Waals surface area contributed by atoms with Gasteiger partial charge in [-0.1, -0.05) is 0 Å². The molecule has 0 aliphatic heterocycles. The smallest absolute Gasteiger partial charge is 0.249 e. The first kappa shape index (κ1) is 17.1. The number of carbonyl (C=O) groups excluding carboxylic acids is 2. The van der Waals surface area contributed by atoms with E-state index in [1.807, 2.05) is 0 Å². The van der Waals surface area contributed by atoms with Crippen molar-refractivity contribution >= 4 is 23.3 Å². The summed E-state index contributed by atoms with van der Waals surface area (Å²) in [5, 5.41) is 6.70. The quantitative estimate of drug-likeness (QED) is 0.761. The highest BCUT2D eigenvalue weighted by Crippen LogP contribution is 2.34. The Labute approximate surface area is 152 Å². The van der Waals surface area contributed by atoms with Crippen LogP contribution in [-0.2, 0) is 9.59 Å². The second-order valence-corrected chi connectivity index (χ2v) is 6.23. The van der Waals surface area contributed by atoms with Crippen LogP contribution in [0.4, 0.5) is 14.7 Å². The van der Waals surface area contributed by atoms with Gasteiger partial charge in [-0.05, 0) is 24.3 Å². The van der Waals surface area contributed by atoms with E-state index in [4.69, 9.17) is 4.74 Å². The van der Waals surface area contributed by atoms with Crippen LogP contribution in [-0.4, -0.2) is 33.4 Å². The molecule has 0 radical (unpaired) electrons. The largest absolute Gasteiger partial charge is 0.496 e. The fraction of sp³-hybridized carbons (Fsp3) is 0.222. The monoisotopic (exact) mass is 372 g/mol. The summed E-state index contributed by atoms with van der Waals surface area (Å²) in [5.74, 6) is -2.40. The van der Waals surface area contributed by atoms with Gasteiger partial charge in [0.2, 0.25) is 11.9 Å². The predicted molar refractivity (Wildman–Crippen MR) is 91.3 cm³/mol. The highest BCUT2D eigenvalue weighted by atomic mass is 19.2. The molecule has 1 aromatic carbocycles. The Morgan fingerprint density at radius 3 is 2.74 bits per heavy atom. The molecule has 1 aliphatic carbocycles. The molecule has 1 fully saturated rings. The number of carbonyl (C=O) groups is 2. The zero-order valence-corrected chi connectivity index (χ0v) is 14.2. The molecule has 0 spiro atoms. The second-order valence-electron chi connectivity index (χ2n) is 6.23. The summed E-state index contributed by atoms with van der Waals surface area (Å²) >= 11 is 0. The molecule has 1 N–H and O–H groups in total. The van der Waals surface area contributed by atoms with Gasteiger partial charge in [-0.15, -0.1) is 5.10 Å². The van der Waals surface area contributed by atoms with Crippen molar-refractivity contribution in [2.75, 3.05) is 12.4 Å². The van der Waals surface area contributed by atoms with Gasteiger partial charge < -0.3 is 4.74 Å². The van der Waals surface area contributed by atoms with Gasteiger partial charge >= 0.3 is 0 Å². The maximum Gasteiger partial charge on any atom is 0.249 e. The van der Waals surface area contributed by atoms with Crippen molar-refractivity contribution in [1.82, 2.24) is 14.6 Å². The minimum Gasteiger partial charge on any atom is -0.496 e. The summed E-state index contributed by atoms with van der Waals surface area (Å²) in [6.07, 6.45) is 1.91. The Bertz CT molecular complexity index is 1070. The van der Waals surface area contributed by atoms with E-state index in [1.165, 1.54) is 23.9 Å². The Morgan fingerprint density at radius 2 is 2.04 bits per heavy atom. The lowest BCUT2D eigenvalue weighted by Crippen LogP contribution is -2.34. The fourth-order valence-electron chi connectivity index (χ4n) is 2.94. The number of nitrogens with zero attached hydrogens (tertiary/aromatic N) is 3. The molecule has 1 aliphatic rings. The van der Waals surface area contributed by atoms with E-state index in [-0.39, 0.29) is 47.7 Å². The Balaban J connectivity index is 1.67. The van der Waals surface area contributed by atoms with Gasteiger partial charge in [-0.25, -0.2) is 13.3 Å². The van der Waals surface area contributed by atoms with Crippen LogP contribution in [0.3, 0.4) is 0 Å².